The van der Waals surface area contributed by atoms with Crippen molar-refractivity contribution in [3.8, 4) is 5.75 Å². The van der Waals surface area contributed by atoms with Crippen LogP contribution in [0.25, 0.3) is 11.0 Å². The van der Waals surface area contributed by atoms with Crippen molar-refractivity contribution in [1.29, 1.82) is 0 Å². The average molecular weight is 395 g/mol. The number of carbonyl (C=O) groups excluding carboxylic acids is 1. The summed E-state index contributed by atoms with van der Waals surface area (Å²) in [6.45, 7) is 1.79. The third-order valence-corrected chi connectivity index (χ3v) is 4.78. The van der Waals surface area contributed by atoms with Gasteiger partial charge >= 0.3 is 11.6 Å². The van der Waals surface area contributed by atoms with Crippen molar-refractivity contribution >= 4 is 22.8 Å². The second kappa shape index (κ2) is 8.60. The SMILES string of the molecule is COc1ccc2c(C)c(CCC(=O)N[C@H](C(=O)O)c3ccccc3)c(=O)oc2c1. The molecule has 0 bridgehead atoms. The Morgan fingerprint density at radius 3 is 2.55 bits per heavy atom. The predicted molar refractivity (Wildman–Crippen MR) is 107 cm³/mol. The molecule has 0 aliphatic carbocycles. The molecule has 0 aliphatic heterocycles. The van der Waals surface area contributed by atoms with Gasteiger partial charge in [0.15, 0.2) is 6.04 Å². The van der Waals surface area contributed by atoms with Crippen molar-refractivity contribution in [2.24, 2.45) is 0 Å². The van der Waals surface area contributed by atoms with Gasteiger partial charge in [-0.3, -0.25) is 4.79 Å². The van der Waals surface area contributed by atoms with Crippen LogP contribution in [0.4, 0.5) is 0 Å². The van der Waals surface area contributed by atoms with Gasteiger partial charge in [-0.25, -0.2) is 9.59 Å². The third kappa shape index (κ3) is 4.45. The quantitative estimate of drug-likeness (QED) is 0.596. The number of rotatable bonds is 7. The minimum atomic E-state index is -1.15. The van der Waals surface area contributed by atoms with Gasteiger partial charge in [-0.05, 0) is 36.6 Å². The van der Waals surface area contributed by atoms with E-state index in [-0.39, 0.29) is 12.8 Å². The van der Waals surface area contributed by atoms with Crippen LogP contribution >= 0.6 is 0 Å². The van der Waals surface area contributed by atoms with E-state index in [9.17, 15) is 19.5 Å². The van der Waals surface area contributed by atoms with Crippen molar-refractivity contribution in [2.45, 2.75) is 25.8 Å². The lowest BCUT2D eigenvalue weighted by Gasteiger charge is -2.15. The Morgan fingerprint density at radius 1 is 1.17 bits per heavy atom. The van der Waals surface area contributed by atoms with Crippen LogP contribution in [0.5, 0.6) is 5.75 Å². The van der Waals surface area contributed by atoms with Crippen LogP contribution in [0.1, 0.15) is 29.2 Å². The van der Waals surface area contributed by atoms with Gasteiger partial charge < -0.3 is 19.6 Å². The molecule has 1 amide bonds. The van der Waals surface area contributed by atoms with E-state index in [2.05, 4.69) is 5.32 Å². The summed E-state index contributed by atoms with van der Waals surface area (Å²) in [4.78, 5) is 36.3. The number of carboxylic acids is 1. The predicted octanol–water partition coefficient (Wildman–Crippen LogP) is 2.98. The van der Waals surface area contributed by atoms with E-state index < -0.39 is 23.5 Å². The Labute approximate surface area is 166 Å². The number of aliphatic carboxylic acids is 1. The maximum absolute atomic E-state index is 12.4. The lowest BCUT2D eigenvalue weighted by molar-refractivity contribution is -0.142. The molecule has 1 atom stereocenters. The fraction of sp³-hybridized carbons (Fsp3) is 0.227. The van der Waals surface area contributed by atoms with Crippen molar-refractivity contribution in [2.75, 3.05) is 7.11 Å². The first-order valence-electron chi connectivity index (χ1n) is 9.08. The molecule has 7 heteroatoms. The second-order valence-corrected chi connectivity index (χ2v) is 6.60. The zero-order valence-electron chi connectivity index (χ0n) is 16.1. The monoisotopic (exact) mass is 395 g/mol. The summed E-state index contributed by atoms with van der Waals surface area (Å²) in [5, 5.41) is 12.7. The Bertz CT molecular complexity index is 1100. The number of carbonyl (C=O) groups is 2. The summed E-state index contributed by atoms with van der Waals surface area (Å²) in [5.74, 6) is -1.04. The minimum absolute atomic E-state index is 0.0378. The summed E-state index contributed by atoms with van der Waals surface area (Å²) < 4.78 is 10.5. The average Bonchev–Trinajstić information content (AvgIpc) is 2.71. The van der Waals surface area contributed by atoms with Crippen LogP contribution in [-0.4, -0.2) is 24.1 Å². The van der Waals surface area contributed by atoms with Gasteiger partial charge in [0.25, 0.3) is 0 Å². The maximum Gasteiger partial charge on any atom is 0.339 e. The summed E-state index contributed by atoms with van der Waals surface area (Å²) in [6.07, 6.45) is 0.104. The highest BCUT2D eigenvalue weighted by atomic mass is 16.5. The number of nitrogens with one attached hydrogen (secondary N) is 1. The summed E-state index contributed by atoms with van der Waals surface area (Å²) in [5.41, 5.74) is 1.49. The number of aryl methyl sites for hydroxylation is 1. The van der Waals surface area contributed by atoms with Crippen molar-refractivity contribution in [3.63, 3.8) is 0 Å². The first-order valence-corrected chi connectivity index (χ1v) is 9.08. The molecular weight excluding hydrogens is 374 g/mol. The van der Waals surface area contributed by atoms with Crippen LogP contribution < -0.4 is 15.7 Å². The molecule has 0 fully saturated rings. The van der Waals surface area contributed by atoms with E-state index in [0.29, 0.717) is 22.5 Å². The molecule has 1 heterocycles. The lowest BCUT2D eigenvalue weighted by atomic mass is 10.0. The zero-order chi connectivity index (χ0) is 21.0. The molecule has 0 saturated carbocycles. The van der Waals surface area contributed by atoms with Crippen LogP contribution in [0.3, 0.4) is 0 Å². The van der Waals surface area contributed by atoms with Crippen LogP contribution in [0.15, 0.2) is 57.7 Å². The zero-order valence-corrected chi connectivity index (χ0v) is 16.1. The number of carboxylic acid groups (broad SMARTS) is 1. The number of methoxy groups -OCH3 is 1. The lowest BCUT2D eigenvalue weighted by Crippen LogP contribution is -2.34. The summed E-state index contributed by atoms with van der Waals surface area (Å²) in [6, 6.07) is 12.5. The maximum atomic E-state index is 12.4. The van der Waals surface area contributed by atoms with Gasteiger partial charge in [0.05, 0.1) is 7.11 Å². The van der Waals surface area contributed by atoms with Crippen molar-refractivity contribution in [3.05, 3.63) is 75.6 Å². The minimum Gasteiger partial charge on any atom is -0.497 e. The molecule has 0 spiro atoms. The number of ether oxygens (including phenoxy) is 1. The highest BCUT2D eigenvalue weighted by Gasteiger charge is 2.22. The first-order chi connectivity index (χ1) is 13.9. The van der Waals surface area contributed by atoms with Gasteiger partial charge in [-0.1, -0.05) is 30.3 Å². The Morgan fingerprint density at radius 2 is 1.90 bits per heavy atom. The molecule has 2 aromatic carbocycles. The van der Waals surface area contributed by atoms with Crippen molar-refractivity contribution in [1.82, 2.24) is 5.32 Å². The number of hydrogen-bond acceptors (Lipinski definition) is 5. The molecule has 1 aromatic heterocycles. The molecule has 150 valence electrons. The molecule has 7 nitrogen and oxygen atoms in total. The number of hydrogen-bond donors (Lipinski definition) is 2. The second-order valence-electron chi connectivity index (χ2n) is 6.60. The molecule has 3 aromatic rings. The van der Waals surface area contributed by atoms with Gasteiger partial charge in [0.1, 0.15) is 11.3 Å². The summed E-state index contributed by atoms with van der Waals surface area (Å²) >= 11 is 0. The van der Waals surface area contributed by atoms with E-state index >= 15 is 0 Å². The Kier molecular flexibility index (Phi) is 5.97. The largest absolute Gasteiger partial charge is 0.497 e. The molecule has 0 radical (unpaired) electrons. The molecule has 0 saturated heterocycles. The van der Waals surface area contributed by atoms with Gasteiger partial charge in [0, 0.05) is 23.4 Å². The van der Waals surface area contributed by atoms with E-state index in [1.807, 2.05) is 0 Å². The highest BCUT2D eigenvalue weighted by molar-refractivity contribution is 5.85. The molecule has 29 heavy (non-hydrogen) atoms. The van der Waals surface area contributed by atoms with Crippen molar-refractivity contribution < 1.29 is 23.8 Å². The first kappa shape index (κ1) is 20.1. The standard InChI is InChI=1S/C22H21NO6/c1-13-16-9-8-15(28-2)12-18(16)29-22(27)17(13)10-11-19(24)23-20(21(25)26)14-6-4-3-5-7-14/h3-9,12,20H,10-11H2,1-2H3,(H,23,24)(H,25,26)/t20-/m0/s1. The van der Waals surface area contributed by atoms with Crippen LogP contribution in [-0.2, 0) is 16.0 Å². The Balaban J connectivity index is 1.77. The third-order valence-electron chi connectivity index (χ3n) is 4.78. The van der Waals surface area contributed by atoms with E-state index in [1.54, 1.807) is 55.5 Å². The molecular formula is C22H21NO6. The van der Waals surface area contributed by atoms with Gasteiger partial charge in [0.2, 0.25) is 5.91 Å². The van der Waals surface area contributed by atoms with Crippen LogP contribution in [0.2, 0.25) is 0 Å². The normalized spacial score (nSPS) is 11.8. The molecule has 0 unspecified atom stereocenters. The van der Waals surface area contributed by atoms with Gasteiger partial charge in [-0.15, -0.1) is 0 Å². The van der Waals surface area contributed by atoms with E-state index in [1.165, 1.54) is 7.11 Å². The topological polar surface area (TPSA) is 106 Å². The molecule has 2 N–H and O–H groups in total. The number of amides is 1. The smallest absolute Gasteiger partial charge is 0.339 e. The van der Waals surface area contributed by atoms with E-state index in [0.717, 1.165) is 10.9 Å². The highest BCUT2D eigenvalue weighted by Crippen LogP contribution is 2.24. The molecule has 0 aliphatic rings. The number of fused-ring (bicyclic) bond motifs is 1. The Hall–Kier alpha value is -3.61. The molecule has 3 rings (SSSR count). The van der Waals surface area contributed by atoms with E-state index in [4.69, 9.17) is 9.15 Å². The summed E-state index contributed by atoms with van der Waals surface area (Å²) in [7, 11) is 1.53. The van der Waals surface area contributed by atoms with Gasteiger partial charge in [-0.2, -0.15) is 0 Å². The fourth-order valence-corrected chi connectivity index (χ4v) is 3.20. The fourth-order valence-electron chi connectivity index (χ4n) is 3.20. The van der Waals surface area contributed by atoms with Crippen LogP contribution in [0, 0.1) is 6.92 Å². The number of benzene rings is 2.